The summed E-state index contributed by atoms with van der Waals surface area (Å²) in [5.74, 6) is 0.0473. The van der Waals surface area contributed by atoms with Gasteiger partial charge in [-0.25, -0.2) is 0 Å². The monoisotopic (exact) mass is 409 g/mol. The van der Waals surface area contributed by atoms with E-state index in [-0.39, 0.29) is 18.2 Å². The molecule has 0 saturated carbocycles. The number of hydrogen-bond acceptors (Lipinski definition) is 7. The number of nitrogens with zero attached hydrogens (tertiary/aromatic N) is 4. The quantitative estimate of drug-likeness (QED) is 0.455. The molecular formula is C20H19N5OS2. The summed E-state index contributed by atoms with van der Waals surface area (Å²) in [6.45, 7) is 4.15. The van der Waals surface area contributed by atoms with Gasteiger partial charge < -0.3 is 5.32 Å². The van der Waals surface area contributed by atoms with Crippen LogP contribution in [0, 0.1) is 25.2 Å². The highest BCUT2D eigenvalue weighted by atomic mass is 32.2. The van der Waals surface area contributed by atoms with Crippen LogP contribution in [0.25, 0.3) is 0 Å². The summed E-state index contributed by atoms with van der Waals surface area (Å²) in [6.07, 6.45) is 0. The van der Waals surface area contributed by atoms with Crippen LogP contribution in [-0.4, -0.2) is 28.4 Å². The first-order valence-corrected chi connectivity index (χ1v) is 10.4. The Bertz CT molecular complexity index is 997. The van der Waals surface area contributed by atoms with E-state index in [9.17, 15) is 4.79 Å². The van der Waals surface area contributed by atoms with E-state index < -0.39 is 0 Å². The van der Waals surface area contributed by atoms with Gasteiger partial charge in [-0.15, -0.1) is 10.2 Å². The maximum atomic E-state index is 12.6. The van der Waals surface area contributed by atoms with E-state index in [1.807, 2.05) is 42.5 Å². The molecule has 28 heavy (non-hydrogen) atoms. The molecule has 8 heteroatoms. The van der Waals surface area contributed by atoms with Crippen LogP contribution in [0.5, 0.6) is 0 Å². The average Bonchev–Trinajstić information content (AvgIpc) is 3.15. The van der Waals surface area contributed by atoms with Crippen molar-refractivity contribution >= 4 is 45.5 Å². The number of para-hydroxylation sites is 1. The summed E-state index contributed by atoms with van der Waals surface area (Å²) < 4.78 is 0.699. The van der Waals surface area contributed by atoms with Gasteiger partial charge in [0, 0.05) is 11.4 Å². The van der Waals surface area contributed by atoms with Crippen LogP contribution >= 0.6 is 23.1 Å². The molecule has 0 unspecified atom stereocenters. The molecule has 0 atom stereocenters. The second kappa shape index (κ2) is 9.35. The zero-order valence-electron chi connectivity index (χ0n) is 15.5. The van der Waals surface area contributed by atoms with Gasteiger partial charge in [-0.2, -0.15) is 5.26 Å². The third kappa shape index (κ3) is 5.09. The SMILES string of the molecule is Cc1ccc(Nc2nnc(SCC(=O)N(CC#N)c3ccccc3)s2)cc1C. The molecule has 3 rings (SSSR count). The lowest BCUT2D eigenvalue weighted by atomic mass is 10.1. The lowest BCUT2D eigenvalue weighted by molar-refractivity contribution is -0.116. The fraction of sp³-hybridized carbons (Fsp3) is 0.200. The van der Waals surface area contributed by atoms with E-state index in [0.717, 1.165) is 5.69 Å². The third-order valence-electron chi connectivity index (χ3n) is 4.08. The molecule has 0 fully saturated rings. The summed E-state index contributed by atoms with van der Waals surface area (Å²) in [5, 5.41) is 21.2. The maximum Gasteiger partial charge on any atom is 0.238 e. The van der Waals surface area contributed by atoms with Crippen LogP contribution in [0.1, 0.15) is 11.1 Å². The van der Waals surface area contributed by atoms with Crippen molar-refractivity contribution in [1.82, 2.24) is 10.2 Å². The number of carbonyl (C=O) groups is 1. The summed E-state index contributed by atoms with van der Waals surface area (Å²) >= 11 is 2.71. The molecule has 6 nitrogen and oxygen atoms in total. The lowest BCUT2D eigenvalue weighted by Gasteiger charge is -2.19. The summed E-state index contributed by atoms with van der Waals surface area (Å²) in [7, 11) is 0. The second-order valence-electron chi connectivity index (χ2n) is 6.06. The van der Waals surface area contributed by atoms with Gasteiger partial charge in [-0.05, 0) is 49.2 Å². The molecule has 1 aromatic heterocycles. The van der Waals surface area contributed by atoms with Crippen LogP contribution in [0.4, 0.5) is 16.5 Å². The Morgan fingerprint density at radius 3 is 2.68 bits per heavy atom. The van der Waals surface area contributed by atoms with Crippen LogP contribution in [-0.2, 0) is 4.79 Å². The number of anilines is 3. The van der Waals surface area contributed by atoms with Gasteiger partial charge in [0.2, 0.25) is 11.0 Å². The minimum atomic E-state index is -0.142. The highest BCUT2D eigenvalue weighted by Crippen LogP contribution is 2.28. The van der Waals surface area contributed by atoms with Crippen molar-refractivity contribution in [3.05, 3.63) is 59.7 Å². The predicted molar refractivity (Wildman–Crippen MR) is 114 cm³/mol. The number of nitriles is 1. The van der Waals surface area contributed by atoms with Crippen LogP contribution in [0.3, 0.4) is 0 Å². The normalized spacial score (nSPS) is 10.3. The van der Waals surface area contributed by atoms with Gasteiger partial charge >= 0.3 is 0 Å². The number of nitrogens with one attached hydrogen (secondary N) is 1. The number of thioether (sulfide) groups is 1. The number of carbonyl (C=O) groups excluding carboxylic acids is 1. The Kier molecular flexibility index (Phi) is 6.63. The number of aryl methyl sites for hydroxylation is 2. The van der Waals surface area contributed by atoms with Gasteiger partial charge in [0.15, 0.2) is 4.34 Å². The summed E-state index contributed by atoms with van der Waals surface area (Å²) in [5.41, 5.74) is 4.10. The van der Waals surface area contributed by atoms with E-state index in [1.165, 1.54) is 39.1 Å². The fourth-order valence-electron chi connectivity index (χ4n) is 2.46. The molecule has 1 heterocycles. The molecule has 0 aliphatic heterocycles. The first kappa shape index (κ1) is 19.9. The average molecular weight is 410 g/mol. The molecule has 0 radical (unpaired) electrons. The Morgan fingerprint density at radius 1 is 1.18 bits per heavy atom. The third-order valence-corrected chi connectivity index (χ3v) is 6.04. The molecule has 0 aliphatic carbocycles. The van der Waals surface area contributed by atoms with Crippen molar-refractivity contribution < 1.29 is 4.79 Å². The van der Waals surface area contributed by atoms with Crippen molar-refractivity contribution in [2.45, 2.75) is 18.2 Å². The minimum absolute atomic E-state index is 0.0130. The van der Waals surface area contributed by atoms with E-state index in [0.29, 0.717) is 15.2 Å². The number of aromatic nitrogens is 2. The number of amides is 1. The second-order valence-corrected chi connectivity index (χ2v) is 8.26. The van der Waals surface area contributed by atoms with Gasteiger partial charge in [0.1, 0.15) is 6.54 Å². The summed E-state index contributed by atoms with van der Waals surface area (Å²) in [4.78, 5) is 14.0. The first-order valence-electron chi connectivity index (χ1n) is 8.60. The molecule has 2 aromatic carbocycles. The molecule has 0 spiro atoms. The van der Waals surface area contributed by atoms with Crippen molar-refractivity contribution in [1.29, 1.82) is 5.26 Å². The van der Waals surface area contributed by atoms with Crippen LogP contribution in [0.15, 0.2) is 52.9 Å². The van der Waals surface area contributed by atoms with Crippen molar-refractivity contribution in [3.63, 3.8) is 0 Å². The standard InChI is InChI=1S/C20H19N5OS2/c1-14-8-9-16(12-15(14)2)22-19-23-24-20(28-19)27-13-18(26)25(11-10-21)17-6-4-3-5-7-17/h3-9,12H,11,13H2,1-2H3,(H,22,23). The molecule has 0 saturated heterocycles. The minimum Gasteiger partial charge on any atom is -0.330 e. The highest BCUT2D eigenvalue weighted by molar-refractivity contribution is 8.01. The molecular weight excluding hydrogens is 390 g/mol. The Labute approximate surface area is 172 Å². The Balaban J connectivity index is 1.61. The highest BCUT2D eigenvalue weighted by Gasteiger charge is 2.17. The molecule has 3 aromatic rings. The zero-order valence-corrected chi connectivity index (χ0v) is 17.2. The van der Waals surface area contributed by atoms with E-state index in [1.54, 1.807) is 0 Å². The van der Waals surface area contributed by atoms with Gasteiger partial charge in [0.05, 0.1) is 11.8 Å². The Hall–Kier alpha value is -2.89. The Morgan fingerprint density at radius 2 is 1.96 bits per heavy atom. The van der Waals surface area contributed by atoms with Gasteiger partial charge in [0.25, 0.3) is 0 Å². The number of rotatable bonds is 7. The van der Waals surface area contributed by atoms with E-state index in [2.05, 4.69) is 41.5 Å². The van der Waals surface area contributed by atoms with Gasteiger partial charge in [-0.1, -0.05) is 47.4 Å². The van der Waals surface area contributed by atoms with Crippen LogP contribution in [0.2, 0.25) is 0 Å². The lowest BCUT2D eigenvalue weighted by Crippen LogP contribution is -2.32. The zero-order chi connectivity index (χ0) is 19.9. The van der Waals surface area contributed by atoms with E-state index in [4.69, 9.17) is 5.26 Å². The number of hydrogen-bond donors (Lipinski definition) is 1. The molecule has 0 aliphatic rings. The molecule has 142 valence electrons. The topological polar surface area (TPSA) is 81.9 Å². The fourth-order valence-corrected chi connectivity index (χ4v) is 4.11. The molecule has 0 bridgehead atoms. The van der Waals surface area contributed by atoms with Crippen molar-refractivity contribution in [2.24, 2.45) is 0 Å². The smallest absolute Gasteiger partial charge is 0.238 e. The van der Waals surface area contributed by atoms with Crippen molar-refractivity contribution in [3.8, 4) is 6.07 Å². The molecule has 1 amide bonds. The summed E-state index contributed by atoms with van der Waals surface area (Å²) in [6, 6.07) is 17.4. The first-order chi connectivity index (χ1) is 13.6. The largest absolute Gasteiger partial charge is 0.330 e. The number of benzene rings is 2. The van der Waals surface area contributed by atoms with Gasteiger partial charge in [-0.3, -0.25) is 9.69 Å². The molecule has 1 N–H and O–H groups in total. The van der Waals surface area contributed by atoms with Crippen LogP contribution < -0.4 is 10.2 Å². The van der Waals surface area contributed by atoms with E-state index >= 15 is 0 Å². The maximum absolute atomic E-state index is 12.6. The van der Waals surface area contributed by atoms with Crippen molar-refractivity contribution in [2.75, 3.05) is 22.5 Å². The predicted octanol–water partition coefficient (Wildman–Crippen LogP) is 4.55.